The summed E-state index contributed by atoms with van der Waals surface area (Å²) in [6.07, 6.45) is -1.11. The molecule has 7 nitrogen and oxygen atoms in total. The van der Waals surface area contributed by atoms with Crippen molar-refractivity contribution in [3.63, 3.8) is 0 Å². The molecular weight excluding hydrogens is 375 g/mol. The zero-order chi connectivity index (χ0) is 19.6. The van der Waals surface area contributed by atoms with Gasteiger partial charge in [0.15, 0.2) is 6.10 Å². The van der Waals surface area contributed by atoms with Gasteiger partial charge in [-0.3, -0.25) is 14.9 Å². The molecule has 1 aromatic heterocycles. The number of nitro benzene ring substituents is 1. The fourth-order valence-electron chi connectivity index (χ4n) is 2.33. The van der Waals surface area contributed by atoms with Crippen LogP contribution < -0.4 is 5.32 Å². The van der Waals surface area contributed by atoms with Crippen molar-refractivity contribution >= 4 is 44.7 Å². The number of nitrogens with one attached hydrogen (secondary N) is 1. The third-order valence-corrected chi connectivity index (χ3v) is 4.75. The maximum atomic E-state index is 13.2. The number of ether oxygens (including phenoxy) is 1. The summed E-state index contributed by atoms with van der Waals surface area (Å²) in [5, 5.41) is 13.8. The molecule has 0 unspecified atom stereocenters. The summed E-state index contributed by atoms with van der Waals surface area (Å²) >= 11 is 1.11. The lowest BCUT2D eigenvalue weighted by atomic mass is 10.2. The predicted molar refractivity (Wildman–Crippen MR) is 98.4 cm³/mol. The Morgan fingerprint density at radius 2 is 2.00 bits per heavy atom. The van der Waals surface area contributed by atoms with Crippen LogP contribution in [0.1, 0.15) is 16.6 Å². The number of halogens is 1. The molecule has 1 heterocycles. The number of anilines is 1. The van der Waals surface area contributed by atoms with Crippen molar-refractivity contribution in [3.05, 3.63) is 69.3 Å². The first-order valence-corrected chi connectivity index (χ1v) is 8.60. The maximum Gasteiger partial charge on any atom is 0.349 e. The standard InChI is InChI=1S/C18H13FN2O5S/c1-10(17(22)20-13-4-2-3-12(19)9-13)26-18(23)16-8-11-7-14(21(24)25)5-6-15(11)27-16/h2-10H,1H3,(H,20,22)/t10-/m0/s1. The molecule has 27 heavy (non-hydrogen) atoms. The van der Waals surface area contributed by atoms with Gasteiger partial charge in [0.05, 0.1) is 4.92 Å². The Kier molecular flexibility index (Phi) is 5.13. The number of hydrogen-bond donors (Lipinski definition) is 1. The van der Waals surface area contributed by atoms with Crippen LogP contribution in [0.25, 0.3) is 10.1 Å². The molecule has 1 atom stereocenters. The fourth-order valence-corrected chi connectivity index (χ4v) is 3.25. The summed E-state index contributed by atoms with van der Waals surface area (Å²) in [5.41, 5.74) is 0.167. The van der Waals surface area contributed by atoms with E-state index in [1.807, 2.05) is 0 Å². The summed E-state index contributed by atoms with van der Waals surface area (Å²) in [6.45, 7) is 1.39. The number of rotatable bonds is 5. The van der Waals surface area contributed by atoms with E-state index in [0.717, 1.165) is 17.4 Å². The summed E-state index contributed by atoms with van der Waals surface area (Å²) in [4.78, 5) is 34.9. The van der Waals surface area contributed by atoms with E-state index in [2.05, 4.69) is 5.32 Å². The molecular formula is C18H13FN2O5S. The Morgan fingerprint density at radius 3 is 2.70 bits per heavy atom. The number of carbonyl (C=O) groups excluding carboxylic acids is 2. The quantitative estimate of drug-likeness (QED) is 0.402. The topological polar surface area (TPSA) is 98.5 Å². The van der Waals surface area contributed by atoms with Crippen molar-refractivity contribution in [2.75, 3.05) is 5.32 Å². The highest BCUT2D eigenvalue weighted by atomic mass is 32.1. The van der Waals surface area contributed by atoms with E-state index in [4.69, 9.17) is 4.74 Å². The normalized spacial score (nSPS) is 11.8. The summed E-state index contributed by atoms with van der Waals surface area (Å²) in [6, 6.07) is 11.1. The average Bonchev–Trinajstić information content (AvgIpc) is 3.05. The van der Waals surface area contributed by atoms with Crippen molar-refractivity contribution < 1.29 is 23.6 Å². The molecule has 0 aliphatic heterocycles. The molecule has 0 fully saturated rings. The van der Waals surface area contributed by atoms with Gasteiger partial charge in [-0.15, -0.1) is 11.3 Å². The third-order valence-electron chi connectivity index (χ3n) is 3.66. The Labute approximate surface area is 156 Å². The van der Waals surface area contributed by atoms with Crippen LogP contribution in [0.3, 0.4) is 0 Å². The zero-order valence-electron chi connectivity index (χ0n) is 14.0. The molecule has 0 aliphatic carbocycles. The van der Waals surface area contributed by atoms with Crippen molar-refractivity contribution in [2.45, 2.75) is 13.0 Å². The molecule has 1 amide bonds. The van der Waals surface area contributed by atoms with Gasteiger partial charge in [-0.05, 0) is 37.3 Å². The van der Waals surface area contributed by atoms with Gasteiger partial charge in [0.25, 0.3) is 11.6 Å². The summed E-state index contributed by atoms with van der Waals surface area (Å²) in [5.74, 6) is -1.83. The van der Waals surface area contributed by atoms with Crippen molar-refractivity contribution in [3.8, 4) is 0 Å². The highest BCUT2D eigenvalue weighted by Gasteiger charge is 2.21. The maximum absolute atomic E-state index is 13.2. The predicted octanol–water partition coefficient (Wildman–Crippen LogP) is 4.13. The Morgan fingerprint density at radius 1 is 1.22 bits per heavy atom. The second kappa shape index (κ2) is 7.50. The number of nitrogens with zero attached hydrogens (tertiary/aromatic N) is 1. The number of esters is 1. The second-order valence-electron chi connectivity index (χ2n) is 5.64. The molecule has 138 valence electrons. The first-order chi connectivity index (χ1) is 12.8. The number of amides is 1. The SMILES string of the molecule is C[C@H](OC(=O)c1cc2cc([N+](=O)[O-])ccc2s1)C(=O)Nc1cccc(F)c1. The van der Waals surface area contributed by atoms with E-state index >= 15 is 0 Å². The third kappa shape index (κ3) is 4.26. The lowest BCUT2D eigenvalue weighted by Crippen LogP contribution is -2.29. The first kappa shape index (κ1) is 18.5. The van der Waals surface area contributed by atoms with Crippen molar-refractivity contribution in [1.29, 1.82) is 0 Å². The van der Waals surface area contributed by atoms with Crippen LogP contribution in [0, 0.1) is 15.9 Å². The Balaban J connectivity index is 1.69. The van der Waals surface area contributed by atoms with Gasteiger partial charge in [-0.2, -0.15) is 0 Å². The molecule has 0 saturated carbocycles. The molecule has 1 N–H and O–H groups in total. The van der Waals surface area contributed by atoms with Gasteiger partial charge in [-0.25, -0.2) is 9.18 Å². The van der Waals surface area contributed by atoms with Crippen LogP contribution in [0.4, 0.5) is 15.8 Å². The largest absolute Gasteiger partial charge is 0.448 e. The minimum Gasteiger partial charge on any atom is -0.448 e. The molecule has 0 bridgehead atoms. The van der Waals surface area contributed by atoms with Crippen LogP contribution in [-0.4, -0.2) is 22.9 Å². The van der Waals surface area contributed by atoms with Crippen molar-refractivity contribution in [2.24, 2.45) is 0 Å². The van der Waals surface area contributed by atoms with Gasteiger partial charge in [0.2, 0.25) is 0 Å². The first-order valence-electron chi connectivity index (χ1n) is 7.79. The number of hydrogen-bond acceptors (Lipinski definition) is 6. The monoisotopic (exact) mass is 388 g/mol. The second-order valence-corrected chi connectivity index (χ2v) is 6.72. The number of nitro groups is 1. The minimum absolute atomic E-state index is 0.0805. The number of benzene rings is 2. The van der Waals surface area contributed by atoms with E-state index in [0.29, 0.717) is 10.1 Å². The van der Waals surface area contributed by atoms with Gasteiger partial charge >= 0.3 is 5.97 Å². The zero-order valence-corrected chi connectivity index (χ0v) is 14.8. The molecule has 3 aromatic rings. The van der Waals surface area contributed by atoms with Crippen LogP contribution in [0.2, 0.25) is 0 Å². The average molecular weight is 388 g/mol. The van der Waals surface area contributed by atoms with E-state index in [9.17, 15) is 24.1 Å². The summed E-state index contributed by atoms with van der Waals surface area (Å²) in [7, 11) is 0. The molecule has 0 saturated heterocycles. The van der Waals surface area contributed by atoms with Crippen LogP contribution in [0.15, 0.2) is 48.5 Å². The Hall–Kier alpha value is -3.33. The number of carbonyl (C=O) groups is 2. The van der Waals surface area contributed by atoms with E-state index in [-0.39, 0.29) is 16.3 Å². The smallest absolute Gasteiger partial charge is 0.349 e. The molecule has 3 rings (SSSR count). The Bertz CT molecular complexity index is 1050. The molecule has 0 aliphatic rings. The molecule has 2 aromatic carbocycles. The highest BCUT2D eigenvalue weighted by molar-refractivity contribution is 7.20. The molecule has 0 radical (unpaired) electrons. The van der Waals surface area contributed by atoms with E-state index in [1.54, 1.807) is 6.07 Å². The van der Waals surface area contributed by atoms with Crippen molar-refractivity contribution in [1.82, 2.24) is 0 Å². The van der Waals surface area contributed by atoms with Crippen LogP contribution >= 0.6 is 11.3 Å². The van der Waals surface area contributed by atoms with Gasteiger partial charge in [0, 0.05) is 27.9 Å². The highest BCUT2D eigenvalue weighted by Crippen LogP contribution is 2.29. The number of thiophene rings is 1. The van der Waals surface area contributed by atoms with E-state index < -0.39 is 28.7 Å². The minimum atomic E-state index is -1.11. The van der Waals surface area contributed by atoms with Crippen LogP contribution in [-0.2, 0) is 9.53 Å². The number of non-ortho nitro benzene ring substituents is 1. The van der Waals surface area contributed by atoms with Gasteiger partial charge < -0.3 is 10.1 Å². The lowest BCUT2D eigenvalue weighted by Gasteiger charge is -2.13. The molecule has 0 spiro atoms. The lowest BCUT2D eigenvalue weighted by molar-refractivity contribution is -0.384. The molecule has 9 heteroatoms. The van der Waals surface area contributed by atoms with Gasteiger partial charge in [-0.1, -0.05) is 6.07 Å². The fraction of sp³-hybridized carbons (Fsp3) is 0.111. The van der Waals surface area contributed by atoms with Crippen LogP contribution in [0.5, 0.6) is 0 Å². The summed E-state index contributed by atoms with van der Waals surface area (Å²) < 4.78 is 19.0. The van der Waals surface area contributed by atoms with Gasteiger partial charge in [0.1, 0.15) is 10.7 Å². The number of fused-ring (bicyclic) bond motifs is 1. The van der Waals surface area contributed by atoms with E-state index in [1.165, 1.54) is 43.3 Å².